The summed E-state index contributed by atoms with van der Waals surface area (Å²) in [5, 5.41) is 7.58. The molecule has 0 aliphatic heterocycles. The van der Waals surface area contributed by atoms with Crippen molar-refractivity contribution in [2.75, 3.05) is 11.9 Å². The van der Waals surface area contributed by atoms with E-state index in [1.54, 1.807) is 23.6 Å². The van der Waals surface area contributed by atoms with Gasteiger partial charge in [0.25, 0.3) is 0 Å². The van der Waals surface area contributed by atoms with Crippen molar-refractivity contribution < 1.29 is 0 Å². The lowest BCUT2D eigenvalue weighted by molar-refractivity contribution is 0.699. The maximum Gasteiger partial charge on any atom is 0.183 e. The Balaban J connectivity index is 1.39. The molecule has 2 aromatic heterocycles. The molecule has 0 aliphatic carbocycles. The van der Waals surface area contributed by atoms with Crippen molar-refractivity contribution in [3.8, 4) is 10.4 Å². The number of thiazole rings is 1. The first-order valence-corrected chi connectivity index (χ1v) is 10.4. The van der Waals surface area contributed by atoms with Gasteiger partial charge in [-0.15, -0.1) is 0 Å². The molecule has 4 aromatic rings. The topological polar surface area (TPSA) is 63.8 Å². The predicted molar refractivity (Wildman–Crippen MR) is 119 cm³/mol. The van der Waals surface area contributed by atoms with Crippen molar-refractivity contribution in [3.05, 3.63) is 76.7 Å². The highest BCUT2D eigenvalue weighted by molar-refractivity contribution is 7.18. The van der Waals surface area contributed by atoms with E-state index in [1.807, 2.05) is 30.6 Å². The van der Waals surface area contributed by atoms with E-state index in [-0.39, 0.29) is 6.04 Å². The maximum absolute atomic E-state index is 6.25. The number of hydrogen-bond acceptors (Lipinski definition) is 5. The third-order valence-electron chi connectivity index (χ3n) is 4.43. The van der Waals surface area contributed by atoms with E-state index in [4.69, 9.17) is 28.9 Å². The third kappa shape index (κ3) is 4.45. The molecule has 0 fully saturated rings. The monoisotopic (exact) mass is 428 g/mol. The first-order valence-electron chi connectivity index (χ1n) is 8.82. The number of rotatable bonds is 6. The molecular weight excluding hydrogens is 411 g/mol. The van der Waals surface area contributed by atoms with Gasteiger partial charge in [0.2, 0.25) is 0 Å². The van der Waals surface area contributed by atoms with Gasteiger partial charge < -0.3 is 11.1 Å². The molecule has 28 heavy (non-hydrogen) atoms. The number of fused-ring (bicyclic) bond motifs is 1. The highest BCUT2D eigenvalue weighted by atomic mass is 35.5. The van der Waals surface area contributed by atoms with Gasteiger partial charge in [-0.3, -0.25) is 4.98 Å². The lowest BCUT2D eigenvalue weighted by Crippen LogP contribution is -2.31. The van der Waals surface area contributed by atoms with E-state index >= 15 is 0 Å². The number of pyridine rings is 1. The summed E-state index contributed by atoms with van der Waals surface area (Å²) in [4.78, 5) is 9.74. The van der Waals surface area contributed by atoms with Crippen LogP contribution in [-0.2, 0) is 6.42 Å². The lowest BCUT2D eigenvalue weighted by Gasteiger charge is -2.12. The van der Waals surface area contributed by atoms with Crippen LogP contribution in [0.1, 0.15) is 5.56 Å². The number of nitrogens with two attached hydrogens (primary N) is 1. The van der Waals surface area contributed by atoms with E-state index in [9.17, 15) is 0 Å². The summed E-state index contributed by atoms with van der Waals surface area (Å²) in [6.45, 7) is 0.622. The van der Waals surface area contributed by atoms with Crippen LogP contribution >= 0.6 is 34.5 Å². The van der Waals surface area contributed by atoms with Gasteiger partial charge in [-0.05, 0) is 47.2 Å². The molecule has 0 spiro atoms. The van der Waals surface area contributed by atoms with Crippen molar-refractivity contribution in [1.82, 2.24) is 9.97 Å². The van der Waals surface area contributed by atoms with Gasteiger partial charge in [0.1, 0.15) is 0 Å². The molecule has 0 saturated heterocycles. The number of hydrogen-bond donors (Lipinski definition) is 2. The normalized spacial score (nSPS) is 12.2. The summed E-state index contributed by atoms with van der Waals surface area (Å²) in [6.07, 6.45) is 6.27. The molecule has 1 atom stereocenters. The number of halogens is 2. The Morgan fingerprint density at radius 3 is 2.75 bits per heavy atom. The van der Waals surface area contributed by atoms with Gasteiger partial charge in [0.15, 0.2) is 5.13 Å². The molecule has 0 bridgehead atoms. The number of benzene rings is 2. The second kappa shape index (κ2) is 8.45. The average molecular weight is 429 g/mol. The van der Waals surface area contributed by atoms with Crippen LogP contribution < -0.4 is 11.1 Å². The molecule has 4 rings (SSSR count). The van der Waals surface area contributed by atoms with Crippen LogP contribution in [0.3, 0.4) is 0 Å². The summed E-state index contributed by atoms with van der Waals surface area (Å²) in [6, 6.07) is 13.9. The summed E-state index contributed by atoms with van der Waals surface area (Å²) in [5.74, 6) is 0. The fraction of sp³-hybridized carbons (Fsp3) is 0.143. The van der Waals surface area contributed by atoms with Crippen molar-refractivity contribution in [2.45, 2.75) is 12.5 Å². The van der Waals surface area contributed by atoms with Crippen molar-refractivity contribution in [2.24, 2.45) is 5.73 Å². The Hall–Kier alpha value is -2.18. The summed E-state index contributed by atoms with van der Waals surface area (Å²) in [7, 11) is 0. The molecule has 0 radical (unpaired) electrons. The Kier molecular flexibility index (Phi) is 5.78. The van der Waals surface area contributed by atoms with Gasteiger partial charge in [-0.2, -0.15) is 0 Å². The van der Waals surface area contributed by atoms with Gasteiger partial charge in [0, 0.05) is 36.6 Å². The molecule has 0 aliphatic rings. The second-order valence-corrected chi connectivity index (χ2v) is 8.41. The number of nitrogens with one attached hydrogen (secondary N) is 1. The highest BCUT2D eigenvalue weighted by Gasteiger charge is 2.09. The Labute approximate surface area is 177 Å². The summed E-state index contributed by atoms with van der Waals surface area (Å²) < 4.78 is 0. The molecule has 142 valence electrons. The van der Waals surface area contributed by atoms with Crippen LogP contribution in [0.4, 0.5) is 5.13 Å². The van der Waals surface area contributed by atoms with Crippen LogP contribution in [0, 0.1) is 0 Å². The molecular formula is C21H18Cl2N4S. The van der Waals surface area contributed by atoms with Gasteiger partial charge in [0.05, 0.1) is 14.9 Å². The highest BCUT2D eigenvalue weighted by Crippen LogP contribution is 2.31. The summed E-state index contributed by atoms with van der Waals surface area (Å²) >= 11 is 13.6. The van der Waals surface area contributed by atoms with Crippen molar-refractivity contribution in [3.63, 3.8) is 0 Å². The molecule has 3 N–H and O–H groups in total. The van der Waals surface area contributed by atoms with Gasteiger partial charge >= 0.3 is 0 Å². The van der Waals surface area contributed by atoms with Crippen LogP contribution in [0.2, 0.25) is 10.0 Å². The van der Waals surface area contributed by atoms with Crippen LogP contribution in [0.15, 0.2) is 61.1 Å². The average Bonchev–Trinajstić information content (AvgIpc) is 3.18. The first kappa shape index (κ1) is 19.2. The van der Waals surface area contributed by atoms with Crippen LogP contribution in [0.25, 0.3) is 21.2 Å². The maximum atomic E-state index is 6.25. The Morgan fingerprint density at radius 2 is 1.89 bits per heavy atom. The van der Waals surface area contributed by atoms with E-state index in [0.717, 1.165) is 26.5 Å². The molecule has 2 aromatic carbocycles. The SMILES string of the molecule is NC(CNc1ncc(-c2ccc3cnccc3c2)s1)Cc1ccc(Cl)c(Cl)c1. The predicted octanol–water partition coefficient (Wildman–Crippen LogP) is 5.65. The molecule has 2 heterocycles. The summed E-state index contributed by atoms with van der Waals surface area (Å²) in [5.41, 5.74) is 8.46. The number of aromatic nitrogens is 2. The minimum Gasteiger partial charge on any atom is -0.360 e. The van der Waals surface area contributed by atoms with E-state index < -0.39 is 0 Å². The van der Waals surface area contributed by atoms with Gasteiger partial charge in [-0.1, -0.05) is 52.7 Å². The largest absolute Gasteiger partial charge is 0.360 e. The van der Waals surface area contributed by atoms with E-state index in [1.165, 1.54) is 5.39 Å². The van der Waals surface area contributed by atoms with Crippen LogP contribution in [-0.4, -0.2) is 22.6 Å². The first-order chi connectivity index (χ1) is 13.6. The number of anilines is 1. The minimum absolute atomic E-state index is 0.0576. The quantitative estimate of drug-likeness (QED) is 0.416. The molecule has 0 amide bonds. The van der Waals surface area contributed by atoms with Crippen molar-refractivity contribution in [1.29, 1.82) is 0 Å². The standard InChI is InChI=1S/C21H18Cl2N4S/c22-18-4-1-13(8-19(18)23)7-17(24)11-26-21-27-12-20(28-21)15-2-3-16-10-25-6-5-14(16)9-15/h1-6,8-10,12,17H,7,11,24H2,(H,26,27). The van der Waals surface area contributed by atoms with Crippen molar-refractivity contribution >= 4 is 50.4 Å². The fourth-order valence-corrected chi connectivity index (χ4v) is 4.13. The smallest absolute Gasteiger partial charge is 0.183 e. The van der Waals surface area contributed by atoms with Crippen LogP contribution in [0.5, 0.6) is 0 Å². The molecule has 1 unspecified atom stereocenters. The lowest BCUT2D eigenvalue weighted by atomic mass is 10.1. The molecule has 4 nitrogen and oxygen atoms in total. The second-order valence-electron chi connectivity index (χ2n) is 6.56. The Morgan fingerprint density at radius 1 is 1.00 bits per heavy atom. The van der Waals surface area contributed by atoms with E-state index in [2.05, 4.69) is 33.5 Å². The zero-order valence-corrected chi connectivity index (χ0v) is 17.2. The zero-order valence-electron chi connectivity index (χ0n) is 14.9. The molecule has 7 heteroatoms. The molecule has 0 saturated carbocycles. The number of nitrogens with zero attached hydrogens (tertiary/aromatic N) is 2. The Bertz CT molecular complexity index is 1110. The van der Waals surface area contributed by atoms with E-state index in [0.29, 0.717) is 23.0 Å². The third-order valence-corrected chi connectivity index (χ3v) is 6.17. The van der Waals surface area contributed by atoms with Gasteiger partial charge in [-0.25, -0.2) is 4.98 Å². The minimum atomic E-state index is -0.0576. The zero-order chi connectivity index (χ0) is 19.5. The fourth-order valence-electron chi connectivity index (χ4n) is 2.99.